The van der Waals surface area contributed by atoms with Gasteiger partial charge in [0.2, 0.25) is 0 Å². The van der Waals surface area contributed by atoms with Crippen molar-refractivity contribution < 1.29 is 4.74 Å². The maximum absolute atomic E-state index is 5.41. The highest BCUT2D eigenvalue weighted by molar-refractivity contribution is 4.89. The maximum Gasteiger partial charge on any atom is 0.110 e. The van der Waals surface area contributed by atoms with Crippen LogP contribution in [0, 0.1) is 12.3 Å². The summed E-state index contributed by atoms with van der Waals surface area (Å²) in [6.07, 6.45) is 12.4. The van der Waals surface area contributed by atoms with Gasteiger partial charge in [0, 0.05) is 19.0 Å². The molecule has 1 aliphatic rings. The SMILES string of the molecule is C#CCC(C)NCC1CCC=CO1. The van der Waals surface area contributed by atoms with Gasteiger partial charge >= 0.3 is 0 Å². The minimum atomic E-state index is 0.324. The molecular weight excluding hydrogens is 162 g/mol. The van der Waals surface area contributed by atoms with Gasteiger partial charge in [0.1, 0.15) is 6.10 Å². The van der Waals surface area contributed by atoms with E-state index in [1.807, 2.05) is 0 Å². The van der Waals surface area contributed by atoms with Crippen LogP contribution >= 0.6 is 0 Å². The maximum atomic E-state index is 5.41. The van der Waals surface area contributed by atoms with Crippen LogP contribution in [0.4, 0.5) is 0 Å². The normalized spacial score (nSPS) is 23.2. The molecule has 0 aromatic heterocycles. The van der Waals surface area contributed by atoms with E-state index in [0.29, 0.717) is 12.1 Å². The molecule has 2 unspecified atom stereocenters. The second-order valence-corrected chi connectivity index (χ2v) is 3.42. The molecule has 1 N–H and O–H groups in total. The molecule has 0 saturated heterocycles. The minimum absolute atomic E-state index is 0.324. The van der Waals surface area contributed by atoms with Gasteiger partial charge in [-0.15, -0.1) is 12.3 Å². The zero-order valence-electron chi connectivity index (χ0n) is 8.12. The summed E-state index contributed by atoms with van der Waals surface area (Å²) in [7, 11) is 0. The Labute approximate surface area is 80.4 Å². The molecule has 0 saturated carbocycles. The van der Waals surface area contributed by atoms with Crippen molar-refractivity contribution in [1.82, 2.24) is 5.32 Å². The van der Waals surface area contributed by atoms with Gasteiger partial charge in [-0.25, -0.2) is 0 Å². The number of terminal acetylenes is 1. The van der Waals surface area contributed by atoms with Crippen LogP contribution in [0.15, 0.2) is 12.3 Å². The molecule has 0 bridgehead atoms. The number of allylic oxidation sites excluding steroid dienone is 1. The summed E-state index contributed by atoms with van der Waals surface area (Å²) in [5, 5.41) is 3.35. The molecule has 0 spiro atoms. The van der Waals surface area contributed by atoms with E-state index in [1.165, 1.54) is 0 Å². The molecule has 0 radical (unpaired) electrons. The summed E-state index contributed by atoms with van der Waals surface area (Å²) in [6, 6.07) is 0.388. The van der Waals surface area contributed by atoms with Gasteiger partial charge in [0.25, 0.3) is 0 Å². The van der Waals surface area contributed by atoms with E-state index in [0.717, 1.165) is 25.8 Å². The lowest BCUT2D eigenvalue weighted by Gasteiger charge is -2.21. The number of hydrogen-bond acceptors (Lipinski definition) is 2. The standard InChI is InChI=1S/C11H17NO/c1-3-6-10(2)12-9-11-7-4-5-8-13-11/h1,5,8,10-12H,4,6-7,9H2,2H3. The summed E-state index contributed by atoms with van der Waals surface area (Å²) in [4.78, 5) is 0. The van der Waals surface area contributed by atoms with Crippen LogP contribution in [-0.4, -0.2) is 18.7 Å². The van der Waals surface area contributed by atoms with Crippen LogP contribution in [0.5, 0.6) is 0 Å². The van der Waals surface area contributed by atoms with Crippen molar-refractivity contribution in [2.24, 2.45) is 0 Å². The fraction of sp³-hybridized carbons (Fsp3) is 0.636. The van der Waals surface area contributed by atoms with E-state index >= 15 is 0 Å². The number of ether oxygens (including phenoxy) is 1. The smallest absolute Gasteiger partial charge is 0.110 e. The molecule has 0 aromatic rings. The van der Waals surface area contributed by atoms with Crippen molar-refractivity contribution in [3.05, 3.63) is 12.3 Å². The highest BCUT2D eigenvalue weighted by Gasteiger charge is 2.11. The molecule has 0 fully saturated rings. The van der Waals surface area contributed by atoms with Crippen LogP contribution in [0.2, 0.25) is 0 Å². The molecule has 1 aliphatic heterocycles. The third kappa shape index (κ3) is 4.00. The van der Waals surface area contributed by atoms with Gasteiger partial charge in [-0.3, -0.25) is 0 Å². The lowest BCUT2D eigenvalue weighted by atomic mass is 10.1. The second-order valence-electron chi connectivity index (χ2n) is 3.42. The quantitative estimate of drug-likeness (QED) is 0.663. The van der Waals surface area contributed by atoms with Gasteiger partial charge in [0.05, 0.1) is 6.26 Å². The Morgan fingerprint density at radius 1 is 1.77 bits per heavy atom. The first kappa shape index (κ1) is 10.1. The summed E-state index contributed by atoms with van der Waals surface area (Å²) < 4.78 is 5.41. The van der Waals surface area contributed by atoms with Gasteiger partial charge in [0.15, 0.2) is 0 Å². The van der Waals surface area contributed by atoms with Crippen molar-refractivity contribution in [3.63, 3.8) is 0 Å². The Balaban J connectivity index is 2.11. The lowest BCUT2D eigenvalue weighted by Crippen LogP contribution is -2.34. The Morgan fingerprint density at radius 2 is 2.62 bits per heavy atom. The third-order valence-electron chi connectivity index (χ3n) is 2.14. The van der Waals surface area contributed by atoms with Crippen LogP contribution in [0.1, 0.15) is 26.2 Å². The molecule has 72 valence electrons. The zero-order valence-corrected chi connectivity index (χ0v) is 8.12. The third-order valence-corrected chi connectivity index (χ3v) is 2.14. The van der Waals surface area contributed by atoms with E-state index in [1.54, 1.807) is 6.26 Å². The van der Waals surface area contributed by atoms with Crippen LogP contribution < -0.4 is 5.32 Å². The Bertz CT molecular complexity index is 205. The molecule has 2 nitrogen and oxygen atoms in total. The van der Waals surface area contributed by atoms with Crippen molar-refractivity contribution in [2.75, 3.05) is 6.54 Å². The predicted octanol–water partition coefficient (Wildman–Crippen LogP) is 1.68. The molecule has 2 heteroatoms. The monoisotopic (exact) mass is 179 g/mol. The molecule has 2 atom stereocenters. The molecule has 0 amide bonds. The molecule has 1 rings (SSSR count). The number of nitrogens with one attached hydrogen (secondary N) is 1. The second kappa shape index (κ2) is 5.66. The number of rotatable bonds is 4. The Morgan fingerprint density at radius 3 is 3.23 bits per heavy atom. The highest BCUT2D eigenvalue weighted by atomic mass is 16.5. The van der Waals surface area contributed by atoms with Gasteiger partial charge in [-0.2, -0.15) is 0 Å². The van der Waals surface area contributed by atoms with Crippen LogP contribution in [0.25, 0.3) is 0 Å². The first-order valence-corrected chi connectivity index (χ1v) is 4.80. The molecule has 13 heavy (non-hydrogen) atoms. The zero-order chi connectivity index (χ0) is 9.52. The molecule has 0 aromatic carbocycles. The first-order chi connectivity index (χ1) is 6.33. The molecular formula is C11H17NO. The van der Waals surface area contributed by atoms with Gasteiger partial charge in [-0.1, -0.05) is 0 Å². The van der Waals surface area contributed by atoms with Gasteiger partial charge in [-0.05, 0) is 25.8 Å². The van der Waals surface area contributed by atoms with E-state index in [2.05, 4.69) is 24.2 Å². The van der Waals surface area contributed by atoms with Crippen molar-refractivity contribution >= 4 is 0 Å². The molecule has 1 heterocycles. The van der Waals surface area contributed by atoms with E-state index < -0.39 is 0 Å². The summed E-state index contributed by atoms with van der Waals surface area (Å²) in [5.41, 5.74) is 0. The van der Waals surface area contributed by atoms with Crippen LogP contribution in [-0.2, 0) is 4.74 Å². The molecule has 0 aliphatic carbocycles. The number of hydrogen-bond donors (Lipinski definition) is 1. The average Bonchev–Trinajstić information content (AvgIpc) is 2.17. The van der Waals surface area contributed by atoms with Crippen molar-refractivity contribution in [2.45, 2.75) is 38.3 Å². The fourth-order valence-electron chi connectivity index (χ4n) is 1.32. The van der Waals surface area contributed by atoms with Crippen LogP contribution in [0.3, 0.4) is 0 Å². The van der Waals surface area contributed by atoms with Gasteiger partial charge < -0.3 is 10.1 Å². The van der Waals surface area contributed by atoms with E-state index in [9.17, 15) is 0 Å². The first-order valence-electron chi connectivity index (χ1n) is 4.80. The summed E-state index contributed by atoms with van der Waals surface area (Å²) >= 11 is 0. The largest absolute Gasteiger partial charge is 0.497 e. The Kier molecular flexibility index (Phi) is 4.42. The minimum Gasteiger partial charge on any atom is -0.497 e. The fourth-order valence-corrected chi connectivity index (χ4v) is 1.32. The van der Waals surface area contributed by atoms with Crippen molar-refractivity contribution in [3.8, 4) is 12.3 Å². The lowest BCUT2D eigenvalue weighted by molar-refractivity contribution is 0.120. The Hall–Kier alpha value is -0.940. The van der Waals surface area contributed by atoms with E-state index in [4.69, 9.17) is 11.2 Å². The summed E-state index contributed by atoms with van der Waals surface area (Å²) in [6.45, 7) is 2.99. The van der Waals surface area contributed by atoms with Crippen molar-refractivity contribution in [1.29, 1.82) is 0 Å². The topological polar surface area (TPSA) is 21.3 Å². The predicted molar refractivity (Wildman–Crippen MR) is 54.2 cm³/mol. The average molecular weight is 179 g/mol. The summed E-state index contributed by atoms with van der Waals surface area (Å²) in [5.74, 6) is 2.64. The highest BCUT2D eigenvalue weighted by Crippen LogP contribution is 2.09. The van der Waals surface area contributed by atoms with E-state index in [-0.39, 0.29) is 0 Å².